The Morgan fingerprint density at radius 1 is 1.39 bits per heavy atom. The molecular weight excluding hydrogens is 413 g/mol. The molecule has 1 fully saturated rings. The van der Waals surface area contributed by atoms with Crippen LogP contribution in [0, 0.1) is 0 Å². The van der Waals surface area contributed by atoms with Crippen molar-refractivity contribution in [2.45, 2.75) is 56.9 Å². The number of piperidine rings is 1. The van der Waals surface area contributed by atoms with Crippen molar-refractivity contribution < 1.29 is 18.0 Å². The Bertz CT molecular complexity index is 867. The molecule has 2 aromatic rings. The predicted molar refractivity (Wildman–Crippen MR) is 102 cm³/mol. The standard InChI is InChI=1S/C18H20ClF3N4OS/c1-10-5-2-3-7-25(10)17(27)15-14(19)16-23-11(12-6-4-8-28-12)9-13(18(20,21)22)26(16)24-15/h4,6,8,10-11,13,23H,2-3,5,7,9H2,1H3/t10-,11-,13-/m0/s1. The van der Waals surface area contributed by atoms with Gasteiger partial charge < -0.3 is 10.2 Å². The number of carbonyl (C=O) groups is 1. The lowest BCUT2D eigenvalue weighted by atomic mass is 10.0. The summed E-state index contributed by atoms with van der Waals surface area (Å²) in [5.41, 5.74) is -0.112. The van der Waals surface area contributed by atoms with E-state index in [1.54, 1.807) is 17.0 Å². The number of hydrogen-bond donors (Lipinski definition) is 1. The van der Waals surface area contributed by atoms with E-state index in [0.717, 1.165) is 28.8 Å². The van der Waals surface area contributed by atoms with Crippen molar-refractivity contribution in [3.05, 3.63) is 33.1 Å². The number of amides is 1. The molecular formula is C18H20ClF3N4OS. The smallest absolute Gasteiger partial charge is 0.361 e. The highest BCUT2D eigenvalue weighted by Crippen LogP contribution is 2.47. The van der Waals surface area contributed by atoms with Gasteiger partial charge in [-0.05, 0) is 37.6 Å². The van der Waals surface area contributed by atoms with E-state index in [9.17, 15) is 18.0 Å². The number of nitrogens with one attached hydrogen (secondary N) is 1. The Morgan fingerprint density at radius 3 is 2.82 bits per heavy atom. The van der Waals surface area contributed by atoms with Gasteiger partial charge >= 0.3 is 6.18 Å². The van der Waals surface area contributed by atoms with Crippen molar-refractivity contribution in [3.63, 3.8) is 0 Å². The number of alkyl halides is 3. The highest BCUT2D eigenvalue weighted by molar-refractivity contribution is 7.10. The molecule has 1 saturated heterocycles. The summed E-state index contributed by atoms with van der Waals surface area (Å²) >= 11 is 7.77. The fraction of sp³-hybridized carbons (Fsp3) is 0.556. The van der Waals surface area contributed by atoms with Gasteiger partial charge in [0.15, 0.2) is 11.7 Å². The fourth-order valence-corrected chi connectivity index (χ4v) is 4.99. The molecule has 0 radical (unpaired) electrons. The summed E-state index contributed by atoms with van der Waals surface area (Å²) in [4.78, 5) is 15.4. The van der Waals surface area contributed by atoms with E-state index in [2.05, 4.69) is 10.4 Å². The fourth-order valence-electron chi connectivity index (χ4n) is 3.94. The summed E-state index contributed by atoms with van der Waals surface area (Å²) in [6.07, 6.45) is -1.95. The predicted octanol–water partition coefficient (Wildman–Crippen LogP) is 5.27. The molecule has 28 heavy (non-hydrogen) atoms. The van der Waals surface area contributed by atoms with Crippen LogP contribution in [-0.4, -0.2) is 39.4 Å². The Balaban J connectivity index is 1.73. The van der Waals surface area contributed by atoms with E-state index in [4.69, 9.17) is 11.6 Å². The summed E-state index contributed by atoms with van der Waals surface area (Å²) in [6, 6.07) is 1.22. The lowest BCUT2D eigenvalue weighted by molar-refractivity contribution is -0.173. The Kier molecular flexibility index (Phi) is 5.07. The zero-order valence-corrected chi connectivity index (χ0v) is 16.7. The molecule has 0 unspecified atom stereocenters. The first-order valence-corrected chi connectivity index (χ1v) is 10.5. The van der Waals surface area contributed by atoms with Crippen molar-refractivity contribution in [1.82, 2.24) is 14.7 Å². The van der Waals surface area contributed by atoms with E-state index in [1.807, 2.05) is 12.3 Å². The molecule has 0 aliphatic carbocycles. The molecule has 3 atom stereocenters. The number of rotatable bonds is 2. The van der Waals surface area contributed by atoms with Crippen LogP contribution in [-0.2, 0) is 0 Å². The third-order valence-electron chi connectivity index (χ3n) is 5.45. The molecule has 1 amide bonds. The SMILES string of the molecule is C[C@H]1CCCCN1C(=O)c1nn2c(c1Cl)N[C@H](c1cccs1)C[C@H]2C(F)(F)F. The van der Waals surface area contributed by atoms with Gasteiger partial charge in [-0.1, -0.05) is 17.7 Å². The monoisotopic (exact) mass is 432 g/mol. The van der Waals surface area contributed by atoms with Gasteiger partial charge in [0.1, 0.15) is 10.8 Å². The second kappa shape index (κ2) is 7.26. The summed E-state index contributed by atoms with van der Waals surface area (Å²) in [5.74, 6) is -0.351. The van der Waals surface area contributed by atoms with Crippen LogP contribution in [0.3, 0.4) is 0 Å². The van der Waals surface area contributed by atoms with E-state index in [-0.39, 0.29) is 29.0 Å². The highest BCUT2D eigenvalue weighted by atomic mass is 35.5. The second-order valence-corrected chi connectivity index (χ2v) is 8.66. The summed E-state index contributed by atoms with van der Waals surface area (Å²) in [6.45, 7) is 2.50. The maximum atomic E-state index is 13.8. The van der Waals surface area contributed by atoms with Crippen LogP contribution in [0.5, 0.6) is 0 Å². The lowest BCUT2D eigenvalue weighted by Gasteiger charge is -2.33. The Hall–Kier alpha value is -1.74. The number of likely N-dealkylation sites (tertiary alicyclic amines) is 1. The van der Waals surface area contributed by atoms with Crippen LogP contribution in [0.2, 0.25) is 5.02 Å². The van der Waals surface area contributed by atoms with Gasteiger partial charge in [-0.15, -0.1) is 11.3 Å². The van der Waals surface area contributed by atoms with Crippen LogP contribution < -0.4 is 5.32 Å². The lowest BCUT2D eigenvalue weighted by Crippen LogP contribution is -2.42. The molecule has 5 nitrogen and oxygen atoms in total. The molecule has 0 bridgehead atoms. The van der Waals surface area contributed by atoms with Crippen molar-refractivity contribution in [3.8, 4) is 0 Å². The van der Waals surface area contributed by atoms with Crippen LogP contribution in [0.25, 0.3) is 0 Å². The van der Waals surface area contributed by atoms with Gasteiger partial charge in [0.05, 0.1) is 6.04 Å². The van der Waals surface area contributed by atoms with E-state index in [1.165, 1.54) is 11.3 Å². The number of aromatic nitrogens is 2. The van der Waals surface area contributed by atoms with Crippen LogP contribution in [0.15, 0.2) is 17.5 Å². The van der Waals surface area contributed by atoms with Crippen molar-refractivity contribution >= 4 is 34.7 Å². The van der Waals surface area contributed by atoms with Crippen LogP contribution in [0.4, 0.5) is 19.0 Å². The molecule has 152 valence electrons. The average Bonchev–Trinajstić information content (AvgIpc) is 3.29. The molecule has 2 aliphatic heterocycles. The largest absolute Gasteiger partial charge is 0.410 e. The van der Waals surface area contributed by atoms with E-state index < -0.39 is 24.2 Å². The first kappa shape index (κ1) is 19.6. The molecule has 0 saturated carbocycles. The minimum atomic E-state index is -4.50. The zero-order valence-electron chi connectivity index (χ0n) is 15.2. The minimum Gasteiger partial charge on any atom is -0.361 e. The molecule has 0 aromatic carbocycles. The molecule has 4 rings (SSSR count). The highest BCUT2D eigenvalue weighted by Gasteiger charge is 2.48. The van der Waals surface area contributed by atoms with Crippen molar-refractivity contribution in [1.29, 1.82) is 0 Å². The maximum Gasteiger partial charge on any atom is 0.410 e. The third kappa shape index (κ3) is 3.39. The molecule has 2 aliphatic rings. The summed E-state index contributed by atoms with van der Waals surface area (Å²) in [5, 5.41) is 8.88. The Labute approximate surface area is 169 Å². The van der Waals surface area contributed by atoms with Crippen LogP contribution >= 0.6 is 22.9 Å². The molecule has 10 heteroatoms. The van der Waals surface area contributed by atoms with Crippen LogP contribution in [0.1, 0.15) is 60.1 Å². The van der Waals surface area contributed by atoms with Gasteiger partial charge in [0.2, 0.25) is 0 Å². The number of halogens is 4. The van der Waals surface area contributed by atoms with E-state index in [0.29, 0.717) is 6.54 Å². The number of hydrogen-bond acceptors (Lipinski definition) is 4. The van der Waals surface area contributed by atoms with Crippen molar-refractivity contribution in [2.24, 2.45) is 0 Å². The number of anilines is 1. The maximum absolute atomic E-state index is 13.8. The number of fused-ring (bicyclic) bond motifs is 1. The second-order valence-electron chi connectivity index (χ2n) is 7.30. The first-order valence-electron chi connectivity index (χ1n) is 9.23. The summed E-state index contributed by atoms with van der Waals surface area (Å²) in [7, 11) is 0. The van der Waals surface area contributed by atoms with Gasteiger partial charge in [-0.2, -0.15) is 18.3 Å². The number of nitrogens with zero attached hydrogens (tertiary/aromatic N) is 3. The van der Waals surface area contributed by atoms with Gasteiger partial charge in [-0.3, -0.25) is 4.79 Å². The minimum absolute atomic E-state index is 0.0151. The Morgan fingerprint density at radius 2 is 2.18 bits per heavy atom. The van der Waals surface area contributed by atoms with Gasteiger partial charge in [0, 0.05) is 23.9 Å². The number of carbonyl (C=O) groups excluding carboxylic acids is 1. The quantitative estimate of drug-likeness (QED) is 0.703. The van der Waals surface area contributed by atoms with Gasteiger partial charge in [0.25, 0.3) is 5.91 Å². The van der Waals surface area contributed by atoms with E-state index >= 15 is 0 Å². The van der Waals surface area contributed by atoms with Crippen molar-refractivity contribution in [2.75, 3.05) is 11.9 Å². The topological polar surface area (TPSA) is 50.2 Å². The normalized spacial score (nSPS) is 25.3. The first-order chi connectivity index (χ1) is 13.3. The molecule has 1 N–H and O–H groups in total. The molecule has 2 aromatic heterocycles. The third-order valence-corrected chi connectivity index (χ3v) is 6.79. The average molecular weight is 433 g/mol. The molecule has 4 heterocycles. The zero-order chi connectivity index (χ0) is 20.1. The molecule has 0 spiro atoms. The summed E-state index contributed by atoms with van der Waals surface area (Å²) < 4.78 is 42.2. The number of thiophene rings is 1. The van der Waals surface area contributed by atoms with Gasteiger partial charge in [-0.25, -0.2) is 4.68 Å².